The van der Waals surface area contributed by atoms with E-state index in [0.29, 0.717) is 6.42 Å². The number of nitrogens with two attached hydrogens (primary N) is 1. The standard InChI is InChI=1S/C15H20N2O3/c1-10(2)13(16)14(18)17-12(9-20-15(17)19)8-11-6-4-3-5-7-11/h3-7,10,12-13H,8-9,16H2,1-2H3/t12-,13?/m1/s1. The van der Waals surface area contributed by atoms with E-state index in [2.05, 4.69) is 0 Å². The molecule has 0 bridgehead atoms. The molecule has 5 nitrogen and oxygen atoms in total. The lowest BCUT2D eigenvalue weighted by molar-refractivity contribution is -0.131. The molecular weight excluding hydrogens is 256 g/mol. The fourth-order valence-electron chi connectivity index (χ4n) is 2.21. The second kappa shape index (κ2) is 6.05. The summed E-state index contributed by atoms with van der Waals surface area (Å²) in [5, 5.41) is 0. The monoisotopic (exact) mass is 276 g/mol. The van der Waals surface area contributed by atoms with E-state index >= 15 is 0 Å². The lowest BCUT2D eigenvalue weighted by Gasteiger charge is -2.24. The second-order valence-corrected chi connectivity index (χ2v) is 5.40. The highest BCUT2D eigenvalue weighted by Gasteiger charge is 2.40. The minimum absolute atomic E-state index is 0.0201. The molecule has 2 N–H and O–H groups in total. The van der Waals surface area contributed by atoms with Gasteiger partial charge in [0.1, 0.15) is 6.61 Å². The predicted molar refractivity (Wildman–Crippen MR) is 74.9 cm³/mol. The van der Waals surface area contributed by atoms with Crippen LogP contribution in [0.5, 0.6) is 0 Å². The Kier molecular flexibility index (Phi) is 4.39. The van der Waals surface area contributed by atoms with Crippen LogP contribution >= 0.6 is 0 Å². The van der Waals surface area contributed by atoms with E-state index in [4.69, 9.17) is 10.5 Å². The summed E-state index contributed by atoms with van der Waals surface area (Å²) in [6.45, 7) is 3.94. The number of nitrogens with zero attached hydrogens (tertiary/aromatic N) is 1. The van der Waals surface area contributed by atoms with Crippen molar-refractivity contribution >= 4 is 12.0 Å². The zero-order chi connectivity index (χ0) is 14.7. The van der Waals surface area contributed by atoms with Gasteiger partial charge in [0.2, 0.25) is 5.91 Å². The molecule has 1 aliphatic rings. The fraction of sp³-hybridized carbons (Fsp3) is 0.467. The van der Waals surface area contributed by atoms with Crippen LogP contribution < -0.4 is 5.73 Å². The maximum Gasteiger partial charge on any atom is 0.417 e. The van der Waals surface area contributed by atoms with Gasteiger partial charge in [-0.3, -0.25) is 4.79 Å². The maximum absolute atomic E-state index is 12.3. The summed E-state index contributed by atoms with van der Waals surface area (Å²) in [6.07, 6.45) is -0.00427. The number of carbonyl (C=O) groups is 2. The van der Waals surface area contributed by atoms with Gasteiger partial charge in [0.15, 0.2) is 0 Å². The number of amides is 2. The van der Waals surface area contributed by atoms with Crippen molar-refractivity contribution in [3.8, 4) is 0 Å². The van der Waals surface area contributed by atoms with Crippen molar-refractivity contribution < 1.29 is 14.3 Å². The number of imide groups is 1. The Morgan fingerprint density at radius 2 is 2.05 bits per heavy atom. The molecule has 1 saturated heterocycles. The molecule has 5 heteroatoms. The van der Waals surface area contributed by atoms with Crippen LogP contribution in [0.3, 0.4) is 0 Å². The summed E-state index contributed by atoms with van der Waals surface area (Å²) in [6, 6.07) is 8.76. The van der Waals surface area contributed by atoms with E-state index in [9.17, 15) is 9.59 Å². The Bertz CT molecular complexity index is 487. The van der Waals surface area contributed by atoms with E-state index < -0.39 is 12.1 Å². The molecule has 1 aliphatic heterocycles. The Morgan fingerprint density at radius 1 is 1.40 bits per heavy atom. The zero-order valence-corrected chi connectivity index (χ0v) is 11.8. The number of hydrogen-bond acceptors (Lipinski definition) is 4. The highest BCUT2D eigenvalue weighted by molar-refractivity contribution is 5.96. The number of cyclic esters (lactones) is 1. The van der Waals surface area contributed by atoms with Crippen LogP contribution in [0, 0.1) is 5.92 Å². The zero-order valence-electron chi connectivity index (χ0n) is 11.8. The van der Waals surface area contributed by atoms with Crippen LogP contribution in [0.4, 0.5) is 4.79 Å². The minimum atomic E-state index is -0.682. The first-order chi connectivity index (χ1) is 9.50. The van der Waals surface area contributed by atoms with Gasteiger partial charge >= 0.3 is 6.09 Å². The molecule has 2 rings (SSSR count). The summed E-state index contributed by atoms with van der Waals surface area (Å²) in [7, 11) is 0. The van der Waals surface area contributed by atoms with E-state index in [0.717, 1.165) is 5.56 Å². The quantitative estimate of drug-likeness (QED) is 0.905. The average molecular weight is 276 g/mol. The SMILES string of the molecule is CC(C)C(N)C(=O)N1C(=O)OC[C@H]1Cc1ccccc1. The Labute approximate surface area is 118 Å². The van der Waals surface area contributed by atoms with Gasteiger partial charge in [-0.15, -0.1) is 0 Å². The molecule has 0 aromatic heterocycles. The largest absolute Gasteiger partial charge is 0.447 e. The lowest BCUT2D eigenvalue weighted by Crippen LogP contribution is -2.50. The van der Waals surface area contributed by atoms with E-state index in [1.807, 2.05) is 44.2 Å². The van der Waals surface area contributed by atoms with Gasteiger partial charge in [0, 0.05) is 0 Å². The number of hydrogen-bond donors (Lipinski definition) is 1. The van der Waals surface area contributed by atoms with Gasteiger partial charge in [-0.2, -0.15) is 0 Å². The van der Waals surface area contributed by atoms with Crippen molar-refractivity contribution in [2.45, 2.75) is 32.4 Å². The Hall–Kier alpha value is -1.88. The smallest absolute Gasteiger partial charge is 0.417 e. The lowest BCUT2D eigenvalue weighted by atomic mass is 10.0. The summed E-state index contributed by atoms with van der Waals surface area (Å²) in [4.78, 5) is 25.2. The van der Waals surface area contributed by atoms with Crippen LogP contribution in [-0.4, -0.2) is 35.6 Å². The van der Waals surface area contributed by atoms with Gasteiger partial charge in [0.25, 0.3) is 0 Å². The second-order valence-electron chi connectivity index (χ2n) is 5.40. The average Bonchev–Trinajstić information content (AvgIpc) is 2.79. The van der Waals surface area contributed by atoms with E-state index in [-0.39, 0.29) is 24.5 Å². The van der Waals surface area contributed by atoms with Crippen LogP contribution in [0.1, 0.15) is 19.4 Å². The summed E-state index contributed by atoms with van der Waals surface area (Å²) < 4.78 is 5.01. The van der Waals surface area contributed by atoms with Crippen LogP contribution in [-0.2, 0) is 16.0 Å². The van der Waals surface area contributed by atoms with Crippen molar-refractivity contribution in [2.24, 2.45) is 11.7 Å². The first-order valence-corrected chi connectivity index (χ1v) is 6.80. The number of ether oxygens (including phenoxy) is 1. The summed E-state index contributed by atoms with van der Waals surface area (Å²) >= 11 is 0. The molecule has 0 aliphatic carbocycles. The molecule has 108 valence electrons. The van der Waals surface area contributed by atoms with Gasteiger partial charge in [0.05, 0.1) is 12.1 Å². The maximum atomic E-state index is 12.3. The van der Waals surface area contributed by atoms with E-state index in [1.54, 1.807) is 0 Å². The molecule has 2 atom stereocenters. The van der Waals surface area contributed by atoms with Gasteiger partial charge in [-0.1, -0.05) is 44.2 Å². The van der Waals surface area contributed by atoms with Crippen molar-refractivity contribution in [3.05, 3.63) is 35.9 Å². The molecule has 1 aromatic carbocycles. The Morgan fingerprint density at radius 3 is 2.65 bits per heavy atom. The molecule has 0 radical (unpaired) electrons. The fourth-order valence-corrected chi connectivity index (χ4v) is 2.21. The topological polar surface area (TPSA) is 72.6 Å². The highest BCUT2D eigenvalue weighted by atomic mass is 16.6. The van der Waals surface area contributed by atoms with Crippen LogP contribution in [0.25, 0.3) is 0 Å². The van der Waals surface area contributed by atoms with Crippen molar-refractivity contribution in [3.63, 3.8) is 0 Å². The molecule has 1 heterocycles. The van der Waals surface area contributed by atoms with E-state index in [1.165, 1.54) is 4.90 Å². The molecule has 2 amide bonds. The van der Waals surface area contributed by atoms with Gasteiger partial charge in [-0.25, -0.2) is 9.69 Å². The minimum Gasteiger partial charge on any atom is -0.447 e. The Balaban J connectivity index is 2.13. The van der Waals surface area contributed by atoms with Crippen LogP contribution in [0.2, 0.25) is 0 Å². The third kappa shape index (κ3) is 2.99. The molecule has 1 fully saturated rings. The summed E-state index contributed by atoms with van der Waals surface area (Å²) in [5.41, 5.74) is 6.92. The predicted octanol–water partition coefficient (Wildman–Crippen LogP) is 1.56. The molecule has 1 unspecified atom stereocenters. The first kappa shape index (κ1) is 14.5. The third-order valence-corrected chi connectivity index (χ3v) is 3.52. The number of carbonyl (C=O) groups excluding carboxylic acids is 2. The first-order valence-electron chi connectivity index (χ1n) is 6.80. The number of benzene rings is 1. The molecule has 1 aromatic rings. The third-order valence-electron chi connectivity index (χ3n) is 3.52. The van der Waals surface area contributed by atoms with Gasteiger partial charge in [-0.05, 0) is 17.9 Å². The molecular formula is C15H20N2O3. The summed E-state index contributed by atoms with van der Waals surface area (Å²) in [5.74, 6) is -0.378. The molecule has 0 spiro atoms. The molecule has 20 heavy (non-hydrogen) atoms. The van der Waals surface area contributed by atoms with Crippen molar-refractivity contribution in [1.29, 1.82) is 0 Å². The van der Waals surface area contributed by atoms with Crippen LogP contribution in [0.15, 0.2) is 30.3 Å². The normalized spacial score (nSPS) is 20.1. The number of rotatable bonds is 4. The van der Waals surface area contributed by atoms with Gasteiger partial charge < -0.3 is 10.5 Å². The highest BCUT2D eigenvalue weighted by Crippen LogP contribution is 2.19. The van der Waals surface area contributed by atoms with Crippen molar-refractivity contribution in [1.82, 2.24) is 4.90 Å². The van der Waals surface area contributed by atoms with Crippen molar-refractivity contribution in [2.75, 3.05) is 6.61 Å². The molecule has 0 saturated carbocycles.